The fourth-order valence-corrected chi connectivity index (χ4v) is 3.54. The number of aromatic nitrogens is 1. The standard InChI is InChI=1S/C23H17Cl2N3O2/c1-14-5-8-17(25)12-19(14)27-21-20(15-6-9-16(24)10-7-15)22(29)28(23(21)30)13-18-4-2-3-11-26-18/h2-12,27H,13H2,1H3. The first-order valence-corrected chi connectivity index (χ1v) is 9.99. The van der Waals surface area contributed by atoms with Crippen LogP contribution in [0.1, 0.15) is 16.8 Å². The number of anilines is 1. The molecule has 0 bridgehead atoms. The molecule has 5 nitrogen and oxygen atoms in total. The first-order chi connectivity index (χ1) is 14.4. The van der Waals surface area contributed by atoms with E-state index in [-0.39, 0.29) is 17.8 Å². The fraction of sp³-hybridized carbons (Fsp3) is 0.0870. The van der Waals surface area contributed by atoms with Crippen molar-refractivity contribution in [3.8, 4) is 0 Å². The summed E-state index contributed by atoms with van der Waals surface area (Å²) in [6.07, 6.45) is 1.63. The van der Waals surface area contributed by atoms with Crippen LogP contribution in [-0.2, 0) is 16.1 Å². The Bertz CT molecular complexity index is 1160. The Morgan fingerprint density at radius 3 is 2.37 bits per heavy atom. The van der Waals surface area contributed by atoms with Gasteiger partial charge in [-0.1, -0.05) is 47.5 Å². The molecule has 0 spiro atoms. The Balaban J connectivity index is 1.77. The molecule has 0 fully saturated rings. The average molecular weight is 438 g/mol. The summed E-state index contributed by atoms with van der Waals surface area (Å²) in [7, 11) is 0. The Labute approximate surface area is 183 Å². The molecule has 1 aliphatic rings. The second-order valence-corrected chi connectivity index (χ2v) is 7.73. The van der Waals surface area contributed by atoms with Crippen molar-refractivity contribution in [2.75, 3.05) is 5.32 Å². The molecule has 1 aliphatic heterocycles. The van der Waals surface area contributed by atoms with E-state index in [0.717, 1.165) is 5.56 Å². The minimum Gasteiger partial charge on any atom is -0.350 e. The maximum absolute atomic E-state index is 13.3. The number of nitrogens with one attached hydrogen (secondary N) is 1. The van der Waals surface area contributed by atoms with Gasteiger partial charge in [0.15, 0.2) is 0 Å². The molecule has 0 saturated carbocycles. The van der Waals surface area contributed by atoms with E-state index in [0.29, 0.717) is 27.0 Å². The molecular weight excluding hydrogens is 421 g/mol. The quantitative estimate of drug-likeness (QED) is 0.564. The number of carbonyl (C=O) groups excluding carboxylic acids is 2. The number of halogens is 2. The van der Waals surface area contributed by atoms with Crippen molar-refractivity contribution in [1.29, 1.82) is 0 Å². The summed E-state index contributed by atoms with van der Waals surface area (Å²) in [5, 5.41) is 4.21. The number of hydrogen-bond acceptors (Lipinski definition) is 4. The molecule has 0 atom stereocenters. The van der Waals surface area contributed by atoms with Crippen molar-refractivity contribution in [1.82, 2.24) is 9.88 Å². The molecule has 2 heterocycles. The highest BCUT2D eigenvalue weighted by molar-refractivity contribution is 6.37. The highest BCUT2D eigenvalue weighted by atomic mass is 35.5. The van der Waals surface area contributed by atoms with E-state index >= 15 is 0 Å². The number of imide groups is 1. The second kappa shape index (κ2) is 8.30. The topological polar surface area (TPSA) is 62.3 Å². The van der Waals surface area contributed by atoms with Crippen LogP contribution in [-0.4, -0.2) is 21.7 Å². The lowest BCUT2D eigenvalue weighted by Crippen LogP contribution is -2.32. The number of pyridine rings is 1. The molecule has 0 aliphatic carbocycles. The van der Waals surface area contributed by atoms with Crippen LogP contribution in [0.2, 0.25) is 10.0 Å². The molecule has 4 rings (SSSR count). The third-order valence-corrected chi connectivity index (χ3v) is 5.29. The summed E-state index contributed by atoms with van der Waals surface area (Å²) in [5.41, 5.74) is 3.25. The lowest BCUT2D eigenvalue weighted by molar-refractivity contribution is -0.137. The molecule has 0 radical (unpaired) electrons. The third kappa shape index (κ3) is 3.95. The van der Waals surface area contributed by atoms with Gasteiger partial charge >= 0.3 is 0 Å². The van der Waals surface area contributed by atoms with Gasteiger partial charge in [-0.2, -0.15) is 0 Å². The first-order valence-electron chi connectivity index (χ1n) is 9.23. The van der Waals surface area contributed by atoms with Crippen molar-refractivity contribution in [3.05, 3.63) is 99.4 Å². The Morgan fingerprint density at radius 2 is 1.67 bits per heavy atom. The Kier molecular flexibility index (Phi) is 5.57. The van der Waals surface area contributed by atoms with Crippen molar-refractivity contribution in [3.63, 3.8) is 0 Å². The predicted molar refractivity (Wildman–Crippen MR) is 118 cm³/mol. The van der Waals surface area contributed by atoms with Gasteiger partial charge in [0.05, 0.1) is 17.8 Å². The minimum absolute atomic E-state index is 0.0787. The Morgan fingerprint density at radius 1 is 0.933 bits per heavy atom. The molecule has 3 aromatic rings. The molecule has 30 heavy (non-hydrogen) atoms. The van der Waals surface area contributed by atoms with Crippen LogP contribution in [0.15, 0.2) is 72.6 Å². The smallest absolute Gasteiger partial charge is 0.278 e. The SMILES string of the molecule is Cc1ccc(Cl)cc1NC1=C(c2ccc(Cl)cc2)C(=O)N(Cc2ccccn2)C1=O. The summed E-state index contributed by atoms with van der Waals surface area (Å²) in [5.74, 6) is -0.815. The summed E-state index contributed by atoms with van der Waals surface area (Å²) in [6, 6.07) is 17.5. The summed E-state index contributed by atoms with van der Waals surface area (Å²) in [4.78, 5) is 32.0. The van der Waals surface area contributed by atoms with Crippen LogP contribution in [0, 0.1) is 6.92 Å². The van der Waals surface area contributed by atoms with Gasteiger partial charge in [-0.05, 0) is 54.4 Å². The van der Waals surface area contributed by atoms with Gasteiger partial charge in [0.2, 0.25) is 0 Å². The highest BCUT2D eigenvalue weighted by Gasteiger charge is 2.39. The van der Waals surface area contributed by atoms with Crippen LogP contribution in [0.5, 0.6) is 0 Å². The van der Waals surface area contributed by atoms with Crippen LogP contribution in [0.25, 0.3) is 5.57 Å². The van der Waals surface area contributed by atoms with E-state index in [2.05, 4.69) is 10.3 Å². The van der Waals surface area contributed by atoms with Gasteiger partial charge in [0, 0.05) is 21.9 Å². The van der Waals surface area contributed by atoms with Gasteiger partial charge in [-0.3, -0.25) is 19.5 Å². The van der Waals surface area contributed by atoms with E-state index in [1.807, 2.05) is 19.1 Å². The van der Waals surface area contributed by atoms with E-state index in [1.165, 1.54) is 4.90 Å². The van der Waals surface area contributed by atoms with Crippen LogP contribution in [0.4, 0.5) is 5.69 Å². The van der Waals surface area contributed by atoms with Gasteiger partial charge in [-0.25, -0.2) is 0 Å². The van der Waals surface area contributed by atoms with Crippen molar-refractivity contribution >= 4 is 46.3 Å². The molecule has 2 amide bonds. The average Bonchev–Trinajstić information content (AvgIpc) is 2.96. The Hall–Kier alpha value is -3.15. The monoisotopic (exact) mass is 437 g/mol. The van der Waals surface area contributed by atoms with Crippen LogP contribution >= 0.6 is 23.2 Å². The summed E-state index contributed by atoms with van der Waals surface area (Å²) in [6.45, 7) is 1.98. The van der Waals surface area contributed by atoms with Crippen molar-refractivity contribution < 1.29 is 9.59 Å². The minimum atomic E-state index is -0.421. The summed E-state index contributed by atoms with van der Waals surface area (Å²) < 4.78 is 0. The zero-order valence-corrected chi connectivity index (χ0v) is 17.5. The van der Waals surface area contributed by atoms with E-state index < -0.39 is 11.8 Å². The summed E-state index contributed by atoms with van der Waals surface area (Å²) >= 11 is 12.1. The lowest BCUT2D eigenvalue weighted by atomic mass is 10.0. The number of benzene rings is 2. The van der Waals surface area contributed by atoms with Gasteiger partial charge in [0.25, 0.3) is 11.8 Å². The first kappa shape index (κ1) is 20.1. The van der Waals surface area contributed by atoms with Crippen molar-refractivity contribution in [2.45, 2.75) is 13.5 Å². The molecule has 0 unspecified atom stereocenters. The predicted octanol–water partition coefficient (Wildman–Crippen LogP) is 5.09. The maximum Gasteiger partial charge on any atom is 0.278 e. The number of aryl methyl sites for hydroxylation is 1. The fourth-order valence-electron chi connectivity index (χ4n) is 3.24. The second-order valence-electron chi connectivity index (χ2n) is 6.86. The van der Waals surface area contributed by atoms with E-state index in [9.17, 15) is 9.59 Å². The molecule has 1 N–H and O–H groups in total. The number of hydrogen-bond donors (Lipinski definition) is 1. The number of nitrogens with zero attached hydrogens (tertiary/aromatic N) is 2. The molecule has 1 aromatic heterocycles. The number of carbonyl (C=O) groups is 2. The molecule has 150 valence electrons. The zero-order chi connectivity index (χ0) is 21.3. The van der Waals surface area contributed by atoms with E-state index in [1.54, 1.807) is 54.7 Å². The van der Waals surface area contributed by atoms with E-state index in [4.69, 9.17) is 23.2 Å². The molecular formula is C23H17Cl2N3O2. The van der Waals surface area contributed by atoms with Gasteiger partial charge < -0.3 is 5.32 Å². The van der Waals surface area contributed by atoms with Gasteiger partial charge in [0.1, 0.15) is 5.70 Å². The van der Waals surface area contributed by atoms with Gasteiger partial charge in [-0.15, -0.1) is 0 Å². The normalized spacial score (nSPS) is 13.9. The molecule has 2 aromatic carbocycles. The lowest BCUT2D eigenvalue weighted by Gasteiger charge is -2.15. The zero-order valence-electron chi connectivity index (χ0n) is 16.0. The largest absolute Gasteiger partial charge is 0.350 e. The van der Waals surface area contributed by atoms with Crippen LogP contribution < -0.4 is 5.32 Å². The highest BCUT2D eigenvalue weighted by Crippen LogP contribution is 2.33. The number of amides is 2. The third-order valence-electron chi connectivity index (χ3n) is 4.81. The molecule has 0 saturated heterocycles. The maximum atomic E-state index is 13.3. The number of rotatable bonds is 5. The van der Waals surface area contributed by atoms with Crippen LogP contribution in [0.3, 0.4) is 0 Å². The molecule has 7 heteroatoms. The van der Waals surface area contributed by atoms with Crippen molar-refractivity contribution in [2.24, 2.45) is 0 Å².